The molecule has 1 unspecified atom stereocenters. The zero-order valence-electron chi connectivity index (χ0n) is 9.69. The Kier molecular flexibility index (Phi) is 4.50. The highest BCUT2D eigenvalue weighted by Gasteiger charge is 2.35. The fourth-order valence-corrected chi connectivity index (χ4v) is 2.73. The van der Waals surface area contributed by atoms with Crippen molar-refractivity contribution in [2.24, 2.45) is 0 Å². The molecule has 0 bridgehead atoms. The van der Waals surface area contributed by atoms with Crippen LogP contribution < -0.4 is 0 Å². The summed E-state index contributed by atoms with van der Waals surface area (Å²) in [5, 5.41) is 7.64. The molecule has 0 spiro atoms. The van der Waals surface area contributed by atoms with Gasteiger partial charge in [0.15, 0.2) is 5.25 Å². The molecule has 5 heteroatoms. The first-order chi connectivity index (χ1) is 6.67. The van der Waals surface area contributed by atoms with Gasteiger partial charge in [0.25, 0.3) is 0 Å². The van der Waals surface area contributed by atoms with Gasteiger partial charge in [0.05, 0.1) is 6.07 Å². The number of rotatable bonds is 4. The zero-order chi connectivity index (χ0) is 12.3. The molecule has 86 valence electrons. The predicted molar refractivity (Wildman–Crippen MR) is 60.7 cm³/mol. The van der Waals surface area contributed by atoms with Crippen LogP contribution in [0.2, 0.25) is 0 Å². The summed E-state index contributed by atoms with van der Waals surface area (Å²) in [6.07, 6.45) is 1.52. The van der Waals surface area contributed by atoms with Crippen molar-refractivity contribution in [3.63, 3.8) is 0 Å². The van der Waals surface area contributed by atoms with Crippen LogP contribution in [0.15, 0.2) is 12.7 Å². The molecule has 1 atom stereocenters. The van der Waals surface area contributed by atoms with E-state index in [0.717, 1.165) is 0 Å². The average Bonchev–Trinajstić information content (AvgIpc) is 2.10. The Hall–Kier alpha value is -0.860. The highest BCUT2D eigenvalue weighted by molar-refractivity contribution is 7.90. The van der Waals surface area contributed by atoms with E-state index in [0.29, 0.717) is 0 Å². The van der Waals surface area contributed by atoms with Crippen LogP contribution in [-0.4, -0.2) is 30.1 Å². The van der Waals surface area contributed by atoms with E-state index in [-0.39, 0.29) is 6.54 Å². The van der Waals surface area contributed by atoms with Crippen molar-refractivity contribution in [2.45, 2.75) is 38.5 Å². The smallest absolute Gasteiger partial charge is 0.211 e. The second kappa shape index (κ2) is 4.77. The Balaban J connectivity index is 5.29. The van der Waals surface area contributed by atoms with Gasteiger partial charge in [-0.3, -0.25) is 0 Å². The van der Waals surface area contributed by atoms with Crippen molar-refractivity contribution in [2.75, 3.05) is 6.54 Å². The Bertz CT molecular complexity index is 360. The van der Waals surface area contributed by atoms with Crippen LogP contribution in [0.1, 0.15) is 27.7 Å². The third-order valence-corrected chi connectivity index (χ3v) is 4.29. The molecule has 0 saturated heterocycles. The quantitative estimate of drug-likeness (QED) is 0.688. The minimum absolute atomic E-state index is 0.220. The largest absolute Gasteiger partial charge is 0.230 e. The van der Waals surface area contributed by atoms with Crippen LogP contribution in [0.5, 0.6) is 0 Å². The second-order valence-electron chi connectivity index (χ2n) is 4.31. The molecular formula is C10H18N2O2S. The maximum Gasteiger partial charge on any atom is 0.230 e. The fourth-order valence-electron chi connectivity index (χ4n) is 1.13. The lowest BCUT2D eigenvalue weighted by Crippen LogP contribution is -2.48. The number of hydrogen-bond donors (Lipinski definition) is 0. The average molecular weight is 230 g/mol. The summed E-state index contributed by atoms with van der Waals surface area (Å²) in [6, 6.07) is 1.75. The molecule has 4 nitrogen and oxygen atoms in total. The van der Waals surface area contributed by atoms with Gasteiger partial charge in [-0.05, 0) is 27.7 Å². The van der Waals surface area contributed by atoms with Crippen LogP contribution in [0.4, 0.5) is 0 Å². The molecule has 0 aromatic carbocycles. The highest BCUT2D eigenvalue weighted by Crippen LogP contribution is 2.20. The Morgan fingerprint density at radius 2 is 2.00 bits per heavy atom. The first-order valence-corrected chi connectivity index (χ1v) is 6.20. The lowest BCUT2D eigenvalue weighted by atomic mass is 10.1. The van der Waals surface area contributed by atoms with Crippen LogP contribution in [0, 0.1) is 11.3 Å². The van der Waals surface area contributed by atoms with Crippen molar-refractivity contribution in [1.29, 1.82) is 5.26 Å². The minimum atomic E-state index is -3.57. The Morgan fingerprint density at radius 1 is 1.53 bits per heavy atom. The normalized spacial score (nSPS) is 14.7. The monoisotopic (exact) mass is 230 g/mol. The van der Waals surface area contributed by atoms with Gasteiger partial charge in [-0.2, -0.15) is 9.57 Å². The molecule has 0 radical (unpaired) electrons. The summed E-state index contributed by atoms with van der Waals surface area (Å²) in [6.45, 7) is 10.5. The highest BCUT2D eigenvalue weighted by atomic mass is 32.2. The van der Waals surface area contributed by atoms with Crippen LogP contribution >= 0.6 is 0 Å². The van der Waals surface area contributed by atoms with E-state index in [1.807, 2.05) is 0 Å². The standard InChI is InChI=1S/C10H18N2O2S/c1-6-7-12(10(3,4)5)15(13,14)9(2)8-11/h6,9H,1,7H2,2-5H3. The van der Waals surface area contributed by atoms with E-state index in [1.165, 1.54) is 17.3 Å². The SMILES string of the molecule is C=CCN(C(C)(C)C)S(=O)(=O)C(C)C#N. The van der Waals surface area contributed by atoms with E-state index in [2.05, 4.69) is 6.58 Å². The predicted octanol–water partition coefficient (Wildman–Crippen LogP) is 1.51. The Morgan fingerprint density at radius 3 is 2.27 bits per heavy atom. The third-order valence-electron chi connectivity index (χ3n) is 1.98. The van der Waals surface area contributed by atoms with Crippen LogP contribution in [-0.2, 0) is 10.0 Å². The van der Waals surface area contributed by atoms with Gasteiger partial charge >= 0.3 is 0 Å². The first-order valence-electron chi connectivity index (χ1n) is 4.70. The molecule has 0 aromatic rings. The van der Waals surface area contributed by atoms with Crippen molar-refractivity contribution >= 4 is 10.0 Å². The lowest BCUT2D eigenvalue weighted by molar-refractivity contribution is 0.268. The first kappa shape index (κ1) is 14.1. The molecule has 0 rings (SSSR count). The molecule has 0 fully saturated rings. The summed E-state index contributed by atoms with van der Waals surface area (Å²) in [5.74, 6) is 0. The van der Waals surface area contributed by atoms with Gasteiger partial charge in [0.2, 0.25) is 10.0 Å². The number of hydrogen-bond acceptors (Lipinski definition) is 3. The minimum Gasteiger partial charge on any atom is -0.211 e. The summed E-state index contributed by atoms with van der Waals surface area (Å²) in [4.78, 5) is 0. The molecular weight excluding hydrogens is 212 g/mol. The molecule has 0 N–H and O–H groups in total. The summed E-state index contributed by atoms with van der Waals surface area (Å²) in [7, 11) is -3.57. The van der Waals surface area contributed by atoms with Crippen molar-refractivity contribution in [3.8, 4) is 6.07 Å². The van der Waals surface area contributed by atoms with Crippen molar-refractivity contribution in [3.05, 3.63) is 12.7 Å². The van der Waals surface area contributed by atoms with E-state index in [9.17, 15) is 8.42 Å². The van der Waals surface area contributed by atoms with Crippen LogP contribution in [0.3, 0.4) is 0 Å². The summed E-state index contributed by atoms with van der Waals surface area (Å²) < 4.78 is 25.2. The van der Waals surface area contributed by atoms with Gasteiger partial charge in [-0.25, -0.2) is 8.42 Å². The lowest BCUT2D eigenvalue weighted by Gasteiger charge is -2.34. The Labute approximate surface area is 92.2 Å². The molecule has 0 heterocycles. The number of sulfonamides is 1. The van der Waals surface area contributed by atoms with Gasteiger partial charge in [-0.15, -0.1) is 6.58 Å². The molecule has 0 amide bonds. The molecule has 15 heavy (non-hydrogen) atoms. The zero-order valence-corrected chi connectivity index (χ0v) is 10.5. The number of nitriles is 1. The molecule has 0 aromatic heterocycles. The van der Waals surface area contributed by atoms with E-state index in [4.69, 9.17) is 5.26 Å². The van der Waals surface area contributed by atoms with E-state index >= 15 is 0 Å². The maximum atomic E-state index is 12.0. The van der Waals surface area contributed by atoms with Crippen molar-refractivity contribution < 1.29 is 8.42 Å². The third kappa shape index (κ3) is 3.33. The molecule has 0 aliphatic rings. The van der Waals surface area contributed by atoms with E-state index < -0.39 is 20.8 Å². The van der Waals surface area contributed by atoms with E-state index in [1.54, 1.807) is 26.8 Å². The number of nitrogens with zero attached hydrogens (tertiary/aromatic N) is 2. The van der Waals surface area contributed by atoms with Gasteiger partial charge in [0.1, 0.15) is 0 Å². The molecule has 0 aliphatic carbocycles. The second-order valence-corrected chi connectivity index (χ2v) is 6.48. The summed E-state index contributed by atoms with van der Waals surface area (Å²) in [5.41, 5.74) is -0.544. The van der Waals surface area contributed by atoms with Crippen molar-refractivity contribution in [1.82, 2.24) is 4.31 Å². The van der Waals surface area contributed by atoms with Gasteiger partial charge < -0.3 is 0 Å². The maximum absolute atomic E-state index is 12.0. The summed E-state index contributed by atoms with van der Waals surface area (Å²) >= 11 is 0. The van der Waals surface area contributed by atoms with Gasteiger partial charge in [-0.1, -0.05) is 6.08 Å². The fraction of sp³-hybridized carbons (Fsp3) is 0.700. The molecule has 0 aliphatic heterocycles. The topological polar surface area (TPSA) is 61.2 Å². The van der Waals surface area contributed by atoms with Crippen LogP contribution in [0.25, 0.3) is 0 Å². The van der Waals surface area contributed by atoms with Gasteiger partial charge in [0, 0.05) is 12.1 Å². The molecule has 0 saturated carbocycles.